The molecule has 0 aromatic heterocycles. The number of hydrogen-bond donors (Lipinski definition) is 0. The third-order valence-electron chi connectivity index (χ3n) is 11.3. The summed E-state index contributed by atoms with van der Waals surface area (Å²) in [5.74, 6) is 0. The molecule has 1 aliphatic carbocycles. The maximum absolute atomic E-state index is 3.88. The van der Waals surface area contributed by atoms with E-state index in [1.807, 2.05) is 0 Å². The molecular weight excluding hydrogens is 745 g/mol. The molecule has 0 fully saturated rings. The van der Waals surface area contributed by atoms with Gasteiger partial charge in [0.2, 0.25) is 0 Å². The van der Waals surface area contributed by atoms with E-state index in [1.165, 1.54) is 55.6 Å². The minimum absolute atomic E-state index is 0.552. The lowest BCUT2D eigenvalue weighted by Gasteiger charge is -2.35. The van der Waals surface area contributed by atoms with E-state index in [0.29, 0.717) is 0 Å². The Bertz CT molecular complexity index is 2410. The summed E-state index contributed by atoms with van der Waals surface area (Å²) in [6.45, 7) is 8.55. The monoisotopic (exact) mass is 786 g/mol. The van der Waals surface area contributed by atoms with Crippen LogP contribution in [0.3, 0.4) is 0 Å². The van der Waals surface area contributed by atoms with Gasteiger partial charge in [-0.05, 0) is 146 Å². The maximum Gasteiger partial charge on any atom is 0.0714 e. The number of nitrogens with zero attached hydrogens (tertiary/aromatic N) is 2. The Kier molecular flexibility index (Phi) is 9.19. The minimum atomic E-state index is -0.552. The lowest BCUT2D eigenvalue weighted by atomic mass is 9.67. The van der Waals surface area contributed by atoms with Crippen molar-refractivity contribution in [2.24, 2.45) is 0 Å². The summed E-state index contributed by atoms with van der Waals surface area (Å²) in [4.78, 5) is 4.70. The quantitative estimate of drug-likeness (QED) is 0.151. The topological polar surface area (TPSA) is 6.48 Å². The molecule has 0 N–H and O–H groups in total. The first-order chi connectivity index (χ1) is 27.3. The zero-order chi connectivity index (χ0) is 38.4. The third kappa shape index (κ3) is 6.23. The van der Waals surface area contributed by atoms with E-state index in [9.17, 15) is 0 Å². The number of anilines is 6. The smallest absolute Gasteiger partial charge is 0.0714 e. The van der Waals surface area contributed by atoms with E-state index in [2.05, 4.69) is 241 Å². The van der Waals surface area contributed by atoms with Crippen LogP contribution in [0.25, 0.3) is 11.1 Å². The van der Waals surface area contributed by atoms with E-state index in [-0.39, 0.29) is 0 Å². The second-order valence-corrected chi connectivity index (χ2v) is 16.0. The van der Waals surface area contributed by atoms with E-state index in [1.54, 1.807) is 0 Å². The Labute approximate surface area is 339 Å². The zero-order valence-corrected chi connectivity index (χ0v) is 33.8. The zero-order valence-electron chi connectivity index (χ0n) is 32.2. The molecule has 0 amide bonds. The van der Waals surface area contributed by atoms with Crippen molar-refractivity contribution >= 4 is 50.1 Å². The van der Waals surface area contributed by atoms with Crippen molar-refractivity contribution in [1.82, 2.24) is 0 Å². The molecule has 0 saturated heterocycles. The fourth-order valence-corrected chi connectivity index (χ4v) is 8.79. The molecule has 272 valence electrons. The summed E-state index contributed by atoms with van der Waals surface area (Å²) in [5, 5.41) is 0. The van der Waals surface area contributed by atoms with E-state index < -0.39 is 5.41 Å². The summed E-state index contributed by atoms with van der Waals surface area (Å²) in [5.41, 5.74) is 18.7. The molecule has 1 aliphatic rings. The molecule has 8 aromatic carbocycles. The van der Waals surface area contributed by atoms with Crippen LogP contribution in [0.5, 0.6) is 0 Å². The van der Waals surface area contributed by atoms with Crippen LogP contribution in [0.1, 0.15) is 44.5 Å². The SMILES string of the molecule is Cc1ccc(N(c2ccc(C)cc2)c2ccc(C3(c4ccc(N(c5ccc(C)cc5)c5ccc(C)cc5)cc4)c4ccccc4-c4ccc(Br)cc43)cc2)cc1. The number of rotatable bonds is 8. The highest BCUT2D eigenvalue weighted by atomic mass is 79.9. The van der Waals surface area contributed by atoms with E-state index >= 15 is 0 Å². The summed E-state index contributed by atoms with van der Waals surface area (Å²) in [6.07, 6.45) is 0. The van der Waals surface area contributed by atoms with Gasteiger partial charge in [-0.3, -0.25) is 0 Å². The van der Waals surface area contributed by atoms with Gasteiger partial charge in [-0.2, -0.15) is 0 Å². The highest BCUT2D eigenvalue weighted by Gasteiger charge is 2.46. The predicted octanol–water partition coefficient (Wildman–Crippen LogP) is 15.0. The van der Waals surface area contributed by atoms with Crippen molar-refractivity contribution in [2.75, 3.05) is 9.80 Å². The van der Waals surface area contributed by atoms with Crippen molar-refractivity contribution in [3.8, 4) is 11.1 Å². The Morgan fingerprint density at radius 1 is 0.339 bits per heavy atom. The van der Waals surface area contributed by atoms with E-state index in [4.69, 9.17) is 0 Å². The first-order valence-corrected chi connectivity index (χ1v) is 20.1. The Balaban J connectivity index is 1.22. The molecule has 56 heavy (non-hydrogen) atoms. The van der Waals surface area contributed by atoms with Crippen LogP contribution >= 0.6 is 15.9 Å². The number of aryl methyl sites for hydroxylation is 4. The van der Waals surface area contributed by atoms with Crippen molar-refractivity contribution in [2.45, 2.75) is 33.1 Å². The highest BCUT2D eigenvalue weighted by molar-refractivity contribution is 9.10. The molecule has 0 heterocycles. The van der Waals surface area contributed by atoms with Crippen LogP contribution in [0, 0.1) is 27.7 Å². The van der Waals surface area contributed by atoms with Gasteiger partial charge in [0.1, 0.15) is 0 Å². The van der Waals surface area contributed by atoms with Gasteiger partial charge in [-0.1, -0.05) is 141 Å². The number of fused-ring (bicyclic) bond motifs is 3. The molecule has 0 spiro atoms. The average molecular weight is 788 g/mol. The third-order valence-corrected chi connectivity index (χ3v) is 11.8. The lowest BCUT2D eigenvalue weighted by Crippen LogP contribution is -2.28. The Hall–Kier alpha value is -6.16. The summed E-state index contributed by atoms with van der Waals surface area (Å²) >= 11 is 3.88. The van der Waals surface area contributed by atoms with Crippen molar-refractivity contribution in [1.29, 1.82) is 0 Å². The van der Waals surface area contributed by atoms with Crippen molar-refractivity contribution in [3.05, 3.63) is 237 Å². The van der Waals surface area contributed by atoms with Crippen LogP contribution in [0.2, 0.25) is 0 Å². The second-order valence-electron chi connectivity index (χ2n) is 15.1. The molecule has 0 aliphatic heterocycles. The molecule has 9 rings (SSSR count). The lowest BCUT2D eigenvalue weighted by molar-refractivity contribution is 0.768. The van der Waals surface area contributed by atoms with Gasteiger partial charge in [0, 0.05) is 38.6 Å². The number of benzene rings is 8. The van der Waals surface area contributed by atoms with Gasteiger partial charge in [0.25, 0.3) is 0 Å². The first-order valence-electron chi connectivity index (χ1n) is 19.3. The minimum Gasteiger partial charge on any atom is -0.311 e. The number of hydrogen-bond acceptors (Lipinski definition) is 2. The van der Waals surface area contributed by atoms with Crippen molar-refractivity contribution in [3.63, 3.8) is 0 Å². The van der Waals surface area contributed by atoms with Crippen molar-refractivity contribution < 1.29 is 0 Å². The van der Waals surface area contributed by atoms with Gasteiger partial charge >= 0.3 is 0 Å². The summed E-state index contributed by atoms with van der Waals surface area (Å²) in [6, 6.07) is 69.4. The van der Waals surface area contributed by atoms with Crippen LogP contribution in [0.15, 0.2) is 193 Å². The van der Waals surface area contributed by atoms with Crippen LogP contribution in [0.4, 0.5) is 34.1 Å². The predicted molar refractivity (Wildman–Crippen MR) is 240 cm³/mol. The van der Waals surface area contributed by atoms with E-state index in [0.717, 1.165) is 38.6 Å². The molecule has 8 aromatic rings. The number of halogens is 1. The van der Waals surface area contributed by atoms with Crippen LogP contribution < -0.4 is 9.80 Å². The largest absolute Gasteiger partial charge is 0.311 e. The summed E-state index contributed by atoms with van der Waals surface area (Å²) in [7, 11) is 0. The molecule has 0 radical (unpaired) electrons. The maximum atomic E-state index is 3.88. The molecule has 0 atom stereocenters. The average Bonchev–Trinajstić information content (AvgIpc) is 3.51. The van der Waals surface area contributed by atoms with Crippen LogP contribution in [-0.4, -0.2) is 0 Å². The summed E-state index contributed by atoms with van der Waals surface area (Å²) < 4.78 is 1.07. The van der Waals surface area contributed by atoms with Gasteiger partial charge in [0.05, 0.1) is 5.41 Å². The van der Waals surface area contributed by atoms with Gasteiger partial charge < -0.3 is 9.80 Å². The van der Waals surface area contributed by atoms with Gasteiger partial charge in [-0.15, -0.1) is 0 Å². The van der Waals surface area contributed by atoms with Crippen LogP contribution in [-0.2, 0) is 5.41 Å². The molecule has 2 nitrogen and oxygen atoms in total. The first kappa shape index (κ1) is 35.5. The molecule has 0 bridgehead atoms. The molecular formula is C53H43BrN2. The molecule has 0 unspecified atom stereocenters. The Morgan fingerprint density at radius 2 is 0.661 bits per heavy atom. The Morgan fingerprint density at radius 3 is 1.04 bits per heavy atom. The van der Waals surface area contributed by atoms with Gasteiger partial charge in [-0.25, -0.2) is 0 Å². The van der Waals surface area contributed by atoms with Gasteiger partial charge in [0.15, 0.2) is 0 Å². The fourth-order valence-electron chi connectivity index (χ4n) is 8.43. The standard InChI is InChI=1S/C53H43BrN2/c1-36-9-22-43(23-10-36)55(44-24-11-37(2)12-25-44)47-30-17-40(18-31-47)53(51-8-6-5-7-49(51)50-34-21-42(54)35-52(50)53)41-19-32-48(33-20-41)56(45-26-13-38(3)14-27-45)46-28-15-39(4)16-29-46/h5-35H,1-4H3. The normalized spacial score (nSPS) is 12.5. The second kappa shape index (κ2) is 14.5. The molecule has 0 saturated carbocycles. The fraction of sp³-hybridized carbons (Fsp3) is 0.0943. The highest BCUT2D eigenvalue weighted by Crippen LogP contribution is 2.57. The molecule has 3 heteroatoms.